The van der Waals surface area contributed by atoms with Crippen LogP contribution in [0.4, 0.5) is 0 Å². The molecule has 0 saturated carbocycles. The van der Waals surface area contributed by atoms with Crippen molar-refractivity contribution in [2.24, 2.45) is 16.7 Å². The monoisotopic (exact) mass is 224 g/mol. The molecular formula is C10H16N4S. The molecule has 0 amide bonds. The molecule has 0 saturated heterocycles. The summed E-state index contributed by atoms with van der Waals surface area (Å²) in [7, 11) is 0. The Morgan fingerprint density at radius 3 is 2.87 bits per heavy atom. The minimum absolute atomic E-state index is 0.346. The summed E-state index contributed by atoms with van der Waals surface area (Å²) >= 11 is 1.78. The van der Waals surface area contributed by atoms with Gasteiger partial charge in [-0.2, -0.15) is 16.9 Å². The van der Waals surface area contributed by atoms with Crippen molar-refractivity contribution in [3.8, 4) is 0 Å². The fourth-order valence-electron chi connectivity index (χ4n) is 1.30. The first-order valence-corrected chi connectivity index (χ1v) is 6.07. The number of hydrogen-bond acceptors (Lipinski definition) is 4. The van der Waals surface area contributed by atoms with E-state index < -0.39 is 0 Å². The number of hydrazone groups is 1. The van der Waals surface area contributed by atoms with Crippen LogP contribution in [0.5, 0.6) is 0 Å². The van der Waals surface area contributed by atoms with Gasteiger partial charge in [-0.3, -0.25) is 4.98 Å². The minimum Gasteiger partial charge on any atom is -0.382 e. The van der Waals surface area contributed by atoms with Crippen LogP contribution in [0.3, 0.4) is 0 Å². The normalized spacial score (nSPS) is 11.7. The van der Waals surface area contributed by atoms with Gasteiger partial charge in [0.1, 0.15) is 0 Å². The molecule has 0 unspecified atom stereocenters. The van der Waals surface area contributed by atoms with Crippen molar-refractivity contribution in [1.29, 1.82) is 0 Å². The van der Waals surface area contributed by atoms with Crippen molar-refractivity contribution < 1.29 is 0 Å². The standard InChI is InChI=1S/C10H16N4S/c1-7-3-4-8(10(11)14-12)9(13-7)5-6-15-2/h3-4H,5-6,12H2,1-2H3,(H2,11,14). The molecule has 0 aliphatic heterocycles. The van der Waals surface area contributed by atoms with Gasteiger partial charge in [0, 0.05) is 11.3 Å². The van der Waals surface area contributed by atoms with E-state index in [1.807, 2.05) is 19.1 Å². The van der Waals surface area contributed by atoms with Crippen molar-refractivity contribution >= 4 is 17.6 Å². The number of nitrogens with zero attached hydrogens (tertiary/aromatic N) is 2. The van der Waals surface area contributed by atoms with Crippen LogP contribution >= 0.6 is 11.8 Å². The van der Waals surface area contributed by atoms with Crippen LogP contribution in [-0.2, 0) is 6.42 Å². The molecule has 0 bridgehead atoms. The molecule has 1 aromatic heterocycles. The van der Waals surface area contributed by atoms with E-state index in [1.54, 1.807) is 11.8 Å². The predicted octanol–water partition coefficient (Wildman–Crippen LogP) is 0.875. The molecule has 82 valence electrons. The van der Waals surface area contributed by atoms with Gasteiger partial charge in [-0.15, -0.1) is 0 Å². The highest BCUT2D eigenvalue weighted by molar-refractivity contribution is 7.98. The van der Waals surface area contributed by atoms with Crippen LogP contribution < -0.4 is 11.6 Å². The van der Waals surface area contributed by atoms with Crippen LogP contribution in [0, 0.1) is 6.92 Å². The number of hydrogen-bond donors (Lipinski definition) is 2. The zero-order valence-corrected chi connectivity index (χ0v) is 9.84. The van der Waals surface area contributed by atoms with Gasteiger partial charge in [0.25, 0.3) is 0 Å². The highest BCUT2D eigenvalue weighted by atomic mass is 32.2. The smallest absolute Gasteiger partial charge is 0.152 e. The van der Waals surface area contributed by atoms with Crippen molar-refractivity contribution in [3.63, 3.8) is 0 Å². The highest BCUT2D eigenvalue weighted by Gasteiger charge is 2.07. The first kappa shape index (κ1) is 11.8. The third kappa shape index (κ3) is 3.13. The molecule has 0 spiro atoms. The molecule has 4 N–H and O–H groups in total. The minimum atomic E-state index is 0.346. The van der Waals surface area contributed by atoms with Crippen molar-refractivity contribution in [3.05, 3.63) is 29.1 Å². The van der Waals surface area contributed by atoms with E-state index >= 15 is 0 Å². The zero-order valence-electron chi connectivity index (χ0n) is 9.03. The predicted molar refractivity (Wildman–Crippen MR) is 66.0 cm³/mol. The molecule has 1 heterocycles. The van der Waals surface area contributed by atoms with E-state index in [9.17, 15) is 0 Å². The van der Waals surface area contributed by atoms with Crippen LogP contribution in [0.25, 0.3) is 0 Å². The lowest BCUT2D eigenvalue weighted by Crippen LogP contribution is -2.19. The topological polar surface area (TPSA) is 77.3 Å². The SMILES string of the molecule is CSCCc1nc(C)ccc1/C(N)=N/N. The molecule has 4 nitrogen and oxygen atoms in total. The Kier molecular flexibility index (Phi) is 4.42. The van der Waals surface area contributed by atoms with Gasteiger partial charge in [-0.1, -0.05) is 0 Å². The Hall–Kier alpha value is -1.23. The van der Waals surface area contributed by atoms with E-state index in [4.69, 9.17) is 11.6 Å². The second-order valence-corrected chi connectivity index (χ2v) is 4.19. The van der Waals surface area contributed by atoms with Crippen molar-refractivity contribution in [1.82, 2.24) is 4.98 Å². The Balaban J connectivity index is 3.03. The van der Waals surface area contributed by atoms with E-state index in [0.29, 0.717) is 5.84 Å². The summed E-state index contributed by atoms with van der Waals surface area (Å²) in [6.07, 6.45) is 2.95. The summed E-state index contributed by atoms with van der Waals surface area (Å²) in [6, 6.07) is 3.83. The average Bonchev–Trinajstić information content (AvgIpc) is 2.25. The summed E-state index contributed by atoms with van der Waals surface area (Å²) in [5, 5.41) is 3.50. The maximum atomic E-state index is 5.70. The molecule has 0 aliphatic carbocycles. The van der Waals surface area contributed by atoms with Gasteiger partial charge in [-0.05, 0) is 37.5 Å². The number of nitrogens with two attached hydrogens (primary N) is 2. The van der Waals surface area contributed by atoms with Gasteiger partial charge < -0.3 is 11.6 Å². The number of aryl methyl sites for hydroxylation is 2. The number of amidine groups is 1. The molecule has 0 aliphatic rings. The first-order chi connectivity index (χ1) is 7.19. The van der Waals surface area contributed by atoms with Gasteiger partial charge >= 0.3 is 0 Å². The molecule has 15 heavy (non-hydrogen) atoms. The Bertz CT molecular complexity index is 362. The average molecular weight is 224 g/mol. The molecule has 0 fully saturated rings. The van der Waals surface area contributed by atoms with Crippen LogP contribution in [-0.4, -0.2) is 22.8 Å². The van der Waals surface area contributed by atoms with Crippen molar-refractivity contribution in [2.45, 2.75) is 13.3 Å². The Morgan fingerprint density at radius 1 is 1.53 bits per heavy atom. The second kappa shape index (κ2) is 5.60. The second-order valence-electron chi connectivity index (χ2n) is 3.20. The summed E-state index contributed by atoms with van der Waals surface area (Å²) in [5.41, 5.74) is 8.49. The van der Waals surface area contributed by atoms with E-state index in [0.717, 1.165) is 29.1 Å². The third-order valence-electron chi connectivity index (χ3n) is 2.07. The van der Waals surface area contributed by atoms with E-state index in [1.165, 1.54) is 0 Å². The molecule has 0 atom stereocenters. The number of thioether (sulfide) groups is 1. The summed E-state index contributed by atoms with van der Waals surface area (Å²) in [6.45, 7) is 1.96. The Labute approximate surface area is 94.1 Å². The fourth-order valence-corrected chi connectivity index (χ4v) is 1.70. The largest absolute Gasteiger partial charge is 0.382 e. The summed E-state index contributed by atoms with van der Waals surface area (Å²) in [4.78, 5) is 4.45. The maximum absolute atomic E-state index is 5.70. The lowest BCUT2D eigenvalue weighted by molar-refractivity contribution is 1.01. The lowest BCUT2D eigenvalue weighted by atomic mass is 10.1. The number of rotatable bonds is 4. The summed E-state index contributed by atoms with van der Waals surface area (Å²) in [5.74, 6) is 6.53. The van der Waals surface area contributed by atoms with Gasteiger partial charge in [0.2, 0.25) is 0 Å². The zero-order chi connectivity index (χ0) is 11.3. The molecular weight excluding hydrogens is 208 g/mol. The molecule has 0 radical (unpaired) electrons. The van der Waals surface area contributed by atoms with Crippen LogP contribution in [0.1, 0.15) is 17.0 Å². The molecule has 1 rings (SSSR count). The quantitative estimate of drug-likeness (QED) is 0.344. The Morgan fingerprint density at radius 2 is 2.27 bits per heavy atom. The van der Waals surface area contributed by atoms with Gasteiger partial charge in [0.05, 0.1) is 5.69 Å². The van der Waals surface area contributed by atoms with E-state index in [-0.39, 0.29) is 0 Å². The van der Waals surface area contributed by atoms with Gasteiger partial charge in [-0.25, -0.2) is 0 Å². The van der Waals surface area contributed by atoms with Crippen LogP contribution in [0.2, 0.25) is 0 Å². The van der Waals surface area contributed by atoms with Crippen LogP contribution in [0.15, 0.2) is 17.2 Å². The van der Waals surface area contributed by atoms with E-state index in [2.05, 4.69) is 16.3 Å². The molecule has 0 aromatic carbocycles. The van der Waals surface area contributed by atoms with Crippen molar-refractivity contribution in [2.75, 3.05) is 12.0 Å². The summed E-state index contributed by atoms with van der Waals surface area (Å²) < 4.78 is 0. The lowest BCUT2D eigenvalue weighted by Gasteiger charge is -2.07. The number of aromatic nitrogens is 1. The maximum Gasteiger partial charge on any atom is 0.152 e. The fraction of sp³-hybridized carbons (Fsp3) is 0.400. The highest BCUT2D eigenvalue weighted by Crippen LogP contribution is 2.10. The number of pyridine rings is 1. The molecule has 1 aromatic rings. The first-order valence-electron chi connectivity index (χ1n) is 4.68. The molecule has 5 heteroatoms. The van der Waals surface area contributed by atoms with Gasteiger partial charge in [0.15, 0.2) is 5.84 Å². The third-order valence-corrected chi connectivity index (χ3v) is 2.68.